The Labute approximate surface area is 82.0 Å². The van der Waals surface area contributed by atoms with Gasteiger partial charge in [0.2, 0.25) is 0 Å². The molecule has 72 valence electrons. The summed E-state index contributed by atoms with van der Waals surface area (Å²) in [6.07, 6.45) is 4.47. The van der Waals surface area contributed by atoms with Crippen LogP contribution in [-0.4, -0.2) is 22.2 Å². The fourth-order valence-corrected chi connectivity index (χ4v) is 0.801. The zero-order valence-corrected chi connectivity index (χ0v) is 7.45. The van der Waals surface area contributed by atoms with Gasteiger partial charge in [0.25, 0.3) is 0 Å². The van der Waals surface area contributed by atoms with E-state index in [1.807, 2.05) is 6.07 Å². The van der Waals surface area contributed by atoms with E-state index >= 15 is 0 Å². The Morgan fingerprint density at radius 3 is 2.14 bits per heavy atom. The second-order valence-electron chi connectivity index (χ2n) is 2.46. The molecule has 0 aliphatic rings. The second kappa shape index (κ2) is 5.96. The molecule has 1 heterocycles. The van der Waals surface area contributed by atoms with E-state index in [9.17, 15) is 0 Å². The highest BCUT2D eigenvalue weighted by atomic mass is 16.4. The van der Waals surface area contributed by atoms with Crippen LogP contribution in [-0.2, 0) is 0 Å². The van der Waals surface area contributed by atoms with E-state index in [1.165, 1.54) is 12.7 Å². The number of nitrogens with zero attached hydrogens (tertiary/aromatic N) is 1. The van der Waals surface area contributed by atoms with E-state index in [0.717, 1.165) is 0 Å². The van der Waals surface area contributed by atoms with Gasteiger partial charge in [0.05, 0.1) is 6.20 Å². The molecular weight excluding hydrogens is 181 g/mol. The van der Waals surface area contributed by atoms with Gasteiger partial charge in [0.1, 0.15) is 6.26 Å². The second-order valence-corrected chi connectivity index (χ2v) is 2.46. The molecule has 1 aromatic carbocycles. The van der Waals surface area contributed by atoms with Crippen LogP contribution in [0.1, 0.15) is 0 Å². The number of aromatic nitrogens is 1. The summed E-state index contributed by atoms with van der Waals surface area (Å²) in [4.78, 5) is 3.56. The van der Waals surface area contributed by atoms with Crippen LogP contribution in [0.25, 0.3) is 0 Å². The summed E-state index contributed by atoms with van der Waals surface area (Å²) in [5.41, 5.74) is 0.525. The van der Waals surface area contributed by atoms with Crippen molar-refractivity contribution >= 4 is 12.6 Å². The molecule has 0 bridgehead atoms. The molecule has 0 radical (unpaired) electrons. The van der Waals surface area contributed by atoms with E-state index in [1.54, 1.807) is 30.5 Å². The fourth-order valence-electron chi connectivity index (χ4n) is 0.801. The molecule has 1 aromatic heterocycles. The third-order valence-electron chi connectivity index (χ3n) is 1.44. The molecule has 4 nitrogen and oxygen atoms in total. The lowest BCUT2D eigenvalue weighted by molar-refractivity contribution is 0.426. The predicted octanol–water partition coefficient (Wildman–Crippen LogP) is 0.0410. The quantitative estimate of drug-likeness (QED) is 0.624. The zero-order chi connectivity index (χ0) is 10.2. The van der Waals surface area contributed by atoms with Gasteiger partial charge in [-0.05, 0) is 5.46 Å². The zero-order valence-electron chi connectivity index (χ0n) is 7.45. The van der Waals surface area contributed by atoms with Crippen LogP contribution in [0.5, 0.6) is 0 Å². The molecule has 2 aromatic rings. The number of hydrogen-bond donors (Lipinski definition) is 2. The Hall–Kier alpha value is -1.59. The van der Waals surface area contributed by atoms with Crippen molar-refractivity contribution in [1.29, 1.82) is 0 Å². The third-order valence-corrected chi connectivity index (χ3v) is 1.44. The first kappa shape index (κ1) is 10.5. The van der Waals surface area contributed by atoms with E-state index in [4.69, 9.17) is 10.0 Å². The Bertz CT molecular complexity index is 306. The van der Waals surface area contributed by atoms with Gasteiger partial charge in [-0.3, -0.25) is 0 Å². The van der Waals surface area contributed by atoms with Crippen LogP contribution in [0.3, 0.4) is 0 Å². The van der Waals surface area contributed by atoms with Crippen LogP contribution in [0, 0.1) is 0 Å². The summed E-state index contributed by atoms with van der Waals surface area (Å²) in [5, 5.41) is 17.2. The Balaban J connectivity index is 0.000000165. The van der Waals surface area contributed by atoms with Crippen molar-refractivity contribution in [2.45, 2.75) is 0 Å². The minimum absolute atomic E-state index is 0.525. The summed E-state index contributed by atoms with van der Waals surface area (Å²) in [6.45, 7) is 0. The summed E-state index contributed by atoms with van der Waals surface area (Å²) < 4.78 is 4.47. The van der Waals surface area contributed by atoms with Crippen molar-refractivity contribution in [1.82, 2.24) is 4.98 Å². The lowest BCUT2D eigenvalue weighted by atomic mass is 9.81. The first-order chi connectivity index (χ1) is 6.80. The highest BCUT2D eigenvalue weighted by Gasteiger charge is 2.07. The van der Waals surface area contributed by atoms with Crippen molar-refractivity contribution in [2.75, 3.05) is 0 Å². The third kappa shape index (κ3) is 3.89. The van der Waals surface area contributed by atoms with Gasteiger partial charge in [0.15, 0.2) is 6.39 Å². The van der Waals surface area contributed by atoms with Crippen LogP contribution >= 0.6 is 0 Å². The van der Waals surface area contributed by atoms with Gasteiger partial charge in [-0.15, -0.1) is 0 Å². The molecule has 0 unspecified atom stereocenters. The molecule has 0 atom stereocenters. The van der Waals surface area contributed by atoms with Gasteiger partial charge >= 0.3 is 7.12 Å². The highest BCUT2D eigenvalue weighted by Crippen LogP contribution is 1.82. The first-order valence-electron chi connectivity index (χ1n) is 4.04. The number of rotatable bonds is 1. The predicted molar refractivity (Wildman–Crippen MR) is 52.8 cm³/mol. The molecule has 0 aliphatic heterocycles. The molecule has 0 saturated heterocycles. The normalized spacial score (nSPS) is 8.71. The maximum absolute atomic E-state index is 8.58. The molecule has 2 rings (SSSR count). The van der Waals surface area contributed by atoms with E-state index in [-0.39, 0.29) is 0 Å². The van der Waals surface area contributed by atoms with Crippen LogP contribution in [0.15, 0.2) is 53.6 Å². The smallest absolute Gasteiger partial charge is 0.452 e. The monoisotopic (exact) mass is 191 g/mol. The van der Waals surface area contributed by atoms with Crippen molar-refractivity contribution in [3.05, 3.63) is 49.2 Å². The van der Waals surface area contributed by atoms with Gasteiger partial charge in [-0.2, -0.15) is 0 Å². The topological polar surface area (TPSA) is 66.5 Å². The van der Waals surface area contributed by atoms with Crippen molar-refractivity contribution < 1.29 is 14.5 Å². The average Bonchev–Trinajstić information content (AvgIpc) is 2.77. The largest absolute Gasteiger partial charge is 0.488 e. The maximum atomic E-state index is 8.58. The summed E-state index contributed by atoms with van der Waals surface area (Å²) in [7, 11) is -1.34. The van der Waals surface area contributed by atoms with Crippen molar-refractivity contribution in [3.63, 3.8) is 0 Å². The van der Waals surface area contributed by atoms with Crippen LogP contribution in [0.4, 0.5) is 0 Å². The average molecular weight is 191 g/mol. The van der Waals surface area contributed by atoms with Gasteiger partial charge < -0.3 is 14.5 Å². The van der Waals surface area contributed by atoms with Gasteiger partial charge in [-0.1, -0.05) is 30.3 Å². The number of hydrogen-bond acceptors (Lipinski definition) is 4. The summed E-state index contributed by atoms with van der Waals surface area (Å²) >= 11 is 0. The Morgan fingerprint density at radius 1 is 1.14 bits per heavy atom. The fraction of sp³-hybridized carbons (Fsp3) is 0. The van der Waals surface area contributed by atoms with Crippen LogP contribution < -0.4 is 5.46 Å². The molecule has 2 N–H and O–H groups in total. The van der Waals surface area contributed by atoms with E-state index < -0.39 is 7.12 Å². The molecule has 14 heavy (non-hydrogen) atoms. The lowest BCUT2D eigenvalue weighted by Crippen LogP contribution is -2.29. The summed E-state index contributed by atoms with van der Waals surface area (Å²) in [6, 6.07) is 8.66. The van der Waals surface area contributed by atoms with Crippen LogP contribution in [0.2, 0.25) is 0 Å². The minimum atomic E-state index is -1.34. The number of oxazole rings is 1. The molecular formula is C9H10BNO3. The van der Waals surface area contributed by atoms with Crippen molar-refractivity contribution in [3.8, 4) is 0 Å². The maximum Gasteiger partial charge on any atom is 0.488 e. The Morgan fingerprint density at radius 2 is 1.86 bits per heavy atom. The molecule has 0 amide bonds. The van der Waals surface area contributed by atoms with E-state index in [2.05, 4.69) is 9.40 Å². The van der Waals surface area contributed by atoms with Crippen molar-refractivity contribution in [2.24, 2.45) is 0 Å². The Kier molecular flexibility index (Phi) is 4.47. The molecule has 0 spiro atoms. The van der Waals surface area contributed by atoms with Gasteiger partial charge in [0, 0.05) is 0 Å². The molecule has 5 heteroatoms. The SMILES string of the molecule is OB(O)c1ccccc1.c1cocn1. The number of benzene rings is 1. The molecule has 0 fully saturated rings. The lowest BCUT2D eigenvalue weighted by Gasteiger charge is -1.94. The summed E-state index contributed by atoms with van der Waals surface area (Å²) in [5.74, 6) is 0. The highest BCUT2D eigenvalue weighted by molar-refractivity contribution is 6.58. The van der Waals surface area contributed by atoms with E-state index in [0.29, 0.717) is 5.46 Å². The molecule has 0 aliphatic carbocycles. The minimum Gasteiger partial charge on any atom is -0.452 e. The standard InChI is InChI=1S/C6H7BO2.C3H3NO/c8-7(9)6-4-2-1-3-5-6;1-2-5-3-4-1/h1-5,8-9H;1-3H. The van der Waals surface area contributed by atoms with Gasteiger partial charge in [-0.25, -0.2) is 4.98 Å². The first-order valence-corrected chi connectivity index (χ1v) is 4.04. The molecule has 0 saturated carbocycles.